The molecule has 2 N–H and O–H groups in total. The highest BCUT2D eigenvalue weighted by Crippen LogP contribution is 2.36. The summed E-state index contributed by atoms with van der Waals surface area (Å²) in [6.07, 6.45) is 33.3. The minimum absolute atomic E-state index is 0.201. The maximum atomic E-state index is 12.3. The number of hydrogen-bond acceptors (Lipinski definition) is 6. The minimum atomic E-state index is -4.75. The molecule has 0 fully saturated rings. The van der Waals surface area contributed by atoms with Crippen LogP contribution in [0.2, 0.25) is 0 Å². The first-order valence-corrected chi connectivity index (χ1v) is 19.2. The molecule has 0 bridgehead atoms. The molecule has 0 unspecified atom stereocenters. The monoisotopic (exact) mass is 644 g/mol. The van der Waals surface area contributed by atoms with Crippen molar-refractivity contribution in [2.24, 2.45) is 0 Å². The van der Waals surface area contributed by atoms with Crippen LogP contribution in [0, 0.1) is 0 Å². The van der Waals surface area contributed by atoms with E-state index in [0.717, 1.165) is 70.6 Å². The van der Waals surface area contributed by atoms with Crippen molar-refractivity contribution in [3.05, 3.63) is 24.3 Å². The Labute approximate surface area is 269 Å². The van der Waals surface area contributed by atoms with Gasteiger partial charge in [-0.1, -0.05) is 122 Å². The summed E-state index contributed by atoms with van der Waals surface area (Å²) in [6.45, 7) is 3.61. The summed E-state index contributed by atoms with van der Waals surface area (Å²) < 4.78 is 26.2. The maximum Gasteiger partial charge on any atom is 0.469 e. The Balaban J connectivity index is 4.01. The highest BCUT2D eigenvalue weighted by Gasteiger charge is 2.22. The van der Waals surface area contributed by atoms with E-state index in [4.69, 9.17) is 19.3 Å². The predicted molar refractivity (Wildman–Crippen MR) is 179 cm³/mol. The summed E-state index contributed by atoms with van der Waals surface area (Å²) in [7, 11) is -4.75. The molecule has 0 radical (unpaired) electrons. The quantitative estimate of drug-likeness (QED) is 0.0321. The number of rotatable bonds is 32. The molecular formula is C35H65O8P. The van der Waals surface area contributed by atoms with Crippen LogP contribution in [0.25, 0.3) is 0 Å². The van der Waals surface area contributed by atoms with Crippen LogP contribution >= 0.6 is 7.82 Å². The number of allylic oxidation sites excluding steroid dienone is 4. The Morgan fingerprint density at radius 3 is 1.45 bits per heavy atom. The number of ether oxygens (including phenoxy) is 2. The fourth-order valence-electron chi connectivity index (χ4n) is 4.76. The number of phosphoric ester groups is 1. The lowest BCUT2D eigenvalue weighted by Gasteiger charge is -2.18. The highest BCUT2D eigenvalue weighted by atomic mass is 31.2. The zero-order valence-corrected chi connectivity index (χ0v) is 29.0. The van der Waals surface area contributed by atoms with E-state index in [1.165, 1.54) is 57.8 Å². The molecule has 0 amide bonds. The van der Waals surface area contributed by atoms with Crippen LogP contribution in [0.5, 0.6) is 0 Å². The van der Waals surface area contributed by atoms with Gasteiger partial charge in [-0.3, -0.25) is 14.1 Å². The van der Waals surface area contributed by atoms with Gasteiger partial charge in [0.05, 0.1) is 6.61 Å². The van der Waals surface area contributed by atoms with Gasteiger partial charge in [-0.05, 0) is 57.8 Å². The largest absolute Gasteiger partial charge is 0.469 e. The second kappa shape index (κ2) is 31.5. The number of unbranched alkanes of at least 4 members (excludes halogenated alkanes) is 18. The molecule has 0 aromatic heterocycles. The van der Waals surface area contributed by atoms with E-state index in [9.17, 15) is 14.2 Å². The standard InChI is InChI=1S/C35H65O8P/c1-3-5-7-9-11-13-15-16-17-18-20-22-24-26-28-30-35(37)43-33(32-42-44(38,39)40)31-41-34(36)29-27-25-23-21-19-14-12-10-8-6-4-2/h10,12,16-17,33H,3-9,11,13-15,18-32H2,1-2H3,(H2,38,39,40)/b12-10-,17-16-/t33-/m1/s1. The Bertz CT molecular complexity index is 777. The van der Waals surface area contributed by atoms with Gasteiger partial charge in [-0.2, -0.15) is 0 Å². The summed E-state index contributed by atoms with van der Waals surface area (Å²) in [4.78, 5) is 42.5. The van der Waals surface area contributed by atoms with Crippen LogP contribution in [0.1, 0.15) is 168 Å². The number of esters is 2. The Morgan fingerprint density at radius 1 is 0.568 bits per heavy atom. The van der Waals surface area contributed by atoms with Gasteiger partial charge in [-0.15, -0.1) is 0 Å². The molecule has 0 aromatic rings. The van der Waals surface area contributed by atoms with Crippen LogP contribution < -0.4 is 0 Å². The Hall–Kier alpha value is -1.47. The molecule has 0 saturated heterocycles. The fraction of sp³-hybridized carbons (Fsp3) is 0.829. The molecule has 0 heterocycles. The van der Waals surface area contributed by atoms with Crippen molar-refractivity contribution in [2.75, 3.05) is 13.2 Å². The summed E-state index contributed by atoms with van der Waals surface area (Å²) in [5.74, 6) is -0.906. The van der Waals surface area contributed by atoms with Gasteiger partial charge in [-0.25, -0.2) is 4.57 Å². The van der Waals surface area contributed by atoms with Crippen LogP contribution in [0.15, 0.2) is 24.3 Å². The van der Waals surface area contributed by atoms with Gasteiger partial charge < -0.3 is 19.3 Å². The molecule has 0 aliphatic carbocycles. The number of carbonyl (C=O) groups is 2. The lowest BCUT2D eigenvalue weighted by atomic mass is 10.1. The lowest BCUT2D eigenvalue weighted by molar-refractivity contribution is -0.161. The summed E-state index contributed by atoms with van der Waals surface area (Å²) in [6, 6.07) is 0. The van der Waals surface area contributed by atoms with Gasteiger partial charge in [0, 0.05) is 12.8 Å². The SMILES string of the molecule is CCCC/C=C\CCCCCCCC(=O)OC[C@H](COP(=O)(O)O)OC(=O)CCCCCCC/C=C\CCCCCCCC. The summed E-state index contributed by atoms with van der Waals surface area (Å²) in [5.41, 5.74) is 0. The van der Waals surface area contributed by atoms with Crippen LogP contribution in [0.3, 0.4) is 0 Å². The molecule has 0 rings (SSSR count). The van der Waals surface area contributed by atoms with Crippen molar-refractivity contribution in [1.82, 2.24) is 0 Å². The van der Waals surface area contributed by atoms with Crippen molar-refractivity contribution in [2.45, 2.75) is 174 Å². The molecule has 1 atom stereocenters. The van der Waals surface area contributed by atoms with Gasteiger partial charge in [0.25, 0.3) is 0 Å². The zero-order valence-electron chi connectivity index (χ0n) is 28.1. The molecule has 0 saturated carbocycles. The van der Waals surface area contributed by atoms with Gasteiger partial charge in [0.1, 0.15) is 6.61 Å². The molecule has 0 aliphatic heterocycles. The molecule has 8 nitrogen and oxygen atoms in total. The van der Waals surface area contributed by atoms with Crippen LogP contribution in [-0.4, -0.2) is 41.0 Å². The van der Waals surface area contributed by atoms with Gasteiger partial charge in [0.15, 0.2) is 6.10 Å². The molecule has 258 valence electrons. The van der Waals surface area contributed by atoms with E-state index < -0.39 is 32.5 Å². The van der Waals surface area contributed by atoms with Crippen molar-refractivity contribution in [1.29, 1.82) is 0 Å². The lowest BCUT2D eigenvalue weighted by Crippen LogP contribution is -2.29. The van der Waals surface area contributed by atoms with Crippen molar-refractivity contribution in [3.8, 4) is 0 Å². The normalized spacial score (nSPS) is 12.7. The topological polar surface area (TPSA) is 119 Å². The third kappa shape index (κ3) is 33.4. The van der Waals surface area contributed by atoms with Crippen molar-refractivity contribution in [3.63, 3.8) is 0 Å². The third-order valence-electron chi connectivity index (χ3n) is 7.44. The number of hydrogen-bond donors (Lipinski definition) is 2. The first kappa shape index (κ1) is 42.5. The van der Waals surface area contributed by atoms with Gasteiger partial charge in [0.2, 0.25) is 0 Å². The molecule has 0 aliphatic rings. The molecule has 9 heteroatoms. The molecule has 44 heavy (non-hydrogen) atoms. The zero-order chi connectivity index (χ0) is 32.6. The third-order valence-corrected chi connectivity index (χ3v) is 7.93. The predicted octanol–water partition coefficient (Wildman–Crippen LogP) is 10.1. The Kier molecular flexibility index (Phi) is 30.5. The Morgan fingerprint density at radius 2 is 0.977 bits per heavy atom. The summed E-state index contributed by atoms with van der Waals surface area (Å²) >= 11 is 0. The molecular weight excluding hydrogens is 579 g/mol. The molecule has 0 aromatic carbocycles. The second-order valence-corrected chi connectivity index (χ2v) is 13.1. The fourth-order valence-corrected chi connectivity index (χ4v) is 5.12. The first-order chi connectivity index (χ1) is 21.3. The smallest absolute Gasteiger partial charge is 0.462 e. The maximum absolute atomic E-state index is 12.3. The van der Waals surface area contributed by atoms with E-state index in [2.05, 4.69) is 42.7 Å². The average Bonchev–Trinajstić information content (AvgIpc) is 2.98. The van der Waals surface area contributed by atoms with E-state index in [0.29, 0.717) is 12.8 Å². The van der Waals surface area contributed by atoms with E-state index in [1.807, 2.05) is 0 Å². The number of phosphoric acid groups is 1. The highest BCUT2D eigenvalue weighted by molar-refractivity contribution is 7.46. The van der Waals surface area contributed by atoms with Crippen molar-refractivity contribution >= 4 is 19.8 Å². The molecule has 0 spiro atoms. The van der Waals surface area contributed by atoms with E-state index in [-0.39, 0.29) is 19.4 Å². The van der Waals surface area contributed by atoms with Crippen LogP contribution in [0.4, 0.5) is 0 Å². The van der Waals surface area contributed by atoms with E-state index >= 15 is 0 Å². The van der Waals surface area contributed by atoms with E-state index in [1.54, 1.807) is 0 Å². The van der Waals surface area contributed by atoms with Crippen molar-refractivity contribution < 1.29 is 37.9 Å². The average molecular weight is 645 g/mol. The minimum Gasteiger partial charge on any atom is -0.462 e. The number of carbonyl (C=O) groups excluding carboxylic acids is 2. The second-order valence-electron chi connectivity index (χ2n) is 11.8. The van der Waals surface area contributed by atoms with Crippen LogP contribution in [-0.2, 0) is 28.2 Å². The van der Waals surface area contributed by atoms with Gasteiger partial charge >= 0.3 is 19.8 Å². The first-order valence-electron chi connectivity index (χ1n) is 17.6. The summed E-state index contributed by atoms with van der Waals surface area (Å²) in [5, 5.41) is 0.